The fraction of sp³-hybridized carbons (Fsp3) is 0.917. The Hall–Kier alpha value is -0.570. The molecule has 0 aromatic rings. The molecular weight excluding hydrogens is 188 g/mol. The molecule has 0 aromatic heterocycles. The van der Waals surface area contributed by atoms with Crippen molar-refractivity contribution in [2.75, 3.05) is 19.6 Å². The summed E-state index contributed by atoms with van der Waals surface area (Å²) in [6.45, 7) is 9.99. The normalized spacial score (nSPS) is 26.4. The van der Waals surface area contributed by atoms with E-state index in [1.54, 1.807) is 0 Å². The molecule has 1 aliphatic rings. The van der Waals surface area contributed by atoms with Crippen molar-refractivity contribution in [2.24, 2.45) is 17.0 Å². The van der Waals surface area contributed by atoms with Gasteiger partial charge in [0.05, 0.1) is 5.71 Å². The van der Waals surface area contributed by atoms with Crippen molar-refractivity contribution < 1.29 is 5.21 Å². The molecule has 1 heterocycles. The molecule has 0 saturated carbocycles. The van der Waals surface area contributed by atoms with Gasteiger partial charge in [0.25, 0.3) is 0 Å². The molecule has 1 rings (SSSR count). The summed E-state index contributed by atoms with van der Waals surface area (Å²) < 4.78 is 0. The summed E-state index contributed by atoms with van der Waals surface area (Å²) in [5.74, 6) is 1.23. The topological polar surface area (TPSA) is 35.8 Å². The number of piperidine rings is 1. The van der Waals surface area contributed by atoms with Crippen LogP contribution in [0.4, 0.5) is 0 Å². The highest BCUT2D eigenvalue weighted by atomic mass is 16.4. The SMILES string of the molecule is CC(C)CCCN1CCC(=NO)C(C)C1. The lowest BCUT2D eigenvalue weighted by molar-refractivity contribution is 0.229. The average molecular weight is 212 g/mol. The van der Waals surface area contributed by atoms with Gasteiger partial charge in [0, 0.05) is 25.4 Å². The molecule has 1 fully saturated rings. The second-order valence-electron chi connectivity index (χ2n) is 5.08. The van der Waals surface area contributed by atoms with Crippen LogP contribution in [-0.2, 0) is 0 Å². The lowest BCUT2D eigenvalue weighted by atomic mass is 9.97. The Morgan fingerprint density at radius 3 is 2.80 bits per heavy atom. The van der Waals surface area contributed by atoms with E-state index in [0.29, 0.717) is 5.92 Å². The quantitative estimate of drug-likeness (QED) is 0.574. The first-order valence-electron chi connectivity index (χ1n) is 6.06. The van der Waals surface area contributed by atoms with Gasteiger partial charge in [-0.3, -0.25) is 0 Å². The molecule has 0 aromatic carbocycles. The zero-order valence-corrected chi connectivity index (χ0v) is 10.2. The van der Waals surface area contributed by atoms with Gasteiger partial charge < -0.3 is 10.1 Å². The summed E-state index contributed by atoms with van der Waals surface area (Å²) in [7, 11) is 0. The summed E-state index contributed by atoms with van der Waals surface area (Å²) in [6, 6.07) is 0. The predicted molar refractivity (Wildman–Crippen MR) is 63.5 cm³/mol. The van der Waals surface area contributed by atoms with Crippen LogP contribution in [0.3, 0.4) is 0 Å². The average Bonchev–Trinajstić information content (AvgIpc) is 2.17. The Kier molecular flexibility index (Phi) is 5.09. The van der Waals surface area contributed by atoms with E-state index < -0.39 is 0 Å². The molecule has 1 unspecified atom stereocenters. The van der Waals surface area contributed by atoms with Crippen LogP contribution in [0.15, 0.2) is 5.16 Å². The third kappa shape index (κ3) is 4.20. The Balaban J connectivity index is 2.23. The number of likely N-dealkylation sites (tertiary alicyclic amines) is 1. The summed E-state index contributed by atoms with van der Waals surface area (Å²) >= 11 is 0. The fourth-order valence-corrected chi connectivity index (χ4v) is 2.18. The van der Waals surface area contributed by atoms with Gasteiger partial charge in [-0.15, -0.1) is 0 Å². The van der Waals surface area contributed by atoms with E-state index in [4.69, 9.17) is 5.21 Å². The highest BCUT2D eigenvalue weighted by Crippen LogP contribution is 2.15. The number of oxime groups is 1. The molecule has 3 heteroatoms. The van der Waals surface area contributed by atoms with Gasteiger partial charge in [-0.2, -0.15) is 0 Å². The lowest BCUT2D eigenvalue weighted by Crippen LogP contribution is -2.40. The third-order valence-electron chi connectivity index (χ3n) is 3.17. The van der Waals surface area contributed by atoms with Crippen LogP contribution in [0.5, 0.6) is 0 Å². The number of nitrogens with zero attached hydrogens (tertiary/aromatic N) is 2. The van der Waals surface area contributed by atoms with Gasteiger partial charge in [-0.25, -0.2) is 0 Å². The first kappa shape index (κ1) is 12.5. The minimum Gasteiger partial charge on any atom is -0.411 e. The van der Waals surface area contributed by atoms with Crippen LogP contribution in [0.25, 0.3) is 0 Å². The van der Waals surface area contributed by atoms with Crippen molar-refractivity contribution in [3.63, 3.8) is 0 Å². The molecule has 0 amide bonds. The van der Waals surface area contributed by atoms with Gasteiger partial charge in [0.15, 0.2) is 0 Å². The maximum atomic E-state index is 8.77. The second-order valence-corrected chi connectivity index (χ2v) is 5.08. The molecule has 0 bridgehead atoms. The summed E-state index contributed by atoms with van der Waals surface area (Å²) in [4.78, 5) is 2.49. The van der Waals surface area contributed by atoms with Crippen molar-refractivity contribution >= 4 is 5.71 Å². The first-order chi connectivity index (χ1) is 7.13. The van der Waals surface area contributed by atoms with Gasteiger partial charge in [-0.05, 0) is 25.3 Å². The molecule has 3 nitrogen and oxygen atoms in total. The van der Waals surface area contributed by atoms with E-state index in [1.165, 1.54) is 19.4 Å². The predicted octanol–water partition coefficient (Wildman–Crippen LogP) is 2.59. The zero-order chi connectivity index (χ0) is 11.3. The van der Waals surface area contributed by atoms with Crippen LogP contribution in [0.1, 0.15) is 40.0 Å². The van der Waals surface area contributed by atoms with Crippen LogP contribution in [-0.4, -0.2) is 35.5 Å². The molecule has 0 spiro atoms. The number of hydrogen-bond acceptors (Lipinski definition) is 3. The maximum Gasteiger partial charge on any atom is 0.0624 e. The molecular formula is C12H24N2O. The van der Waals surface area contributed by atoms with Crippen molar-refractivity contribution in [1.82, 2.24) is 4.90 Å². The molecule has 1 atom stereocenters. The first-order valence-corrected chi connectivity index (χ1v) is 6.06. The van der Waals surface area contributed by atoms with E-state index >= 15 is 0 Å². The van der Waals surface area contributed by atoms with Crippen LogP contribution in [0, 0.1) is 11.8 Å². The smallest absolute Gasteiger partial charge is 0.0624 e. The summed E-state index contributed by atoms with van der Waals surface area (Å²) in [6.07, 6.45) is 3.53. The third-order valence-corrected chi connectivity index (χ3v) is 3.17. The van der Waals surface area contributed by atoms with E-state index in [2.05, 4.69) is 30.8 Å². The van der Waals surface area contributed by atoms with E-state index in [9.17, 15) is 0 Å². The fourth-order valence-electron chi connectivity index (χ4n) is 2.18. The van der Waals surface area contributed by atoms with Crippen LogP contribution in [0.2, 0.25) is 0 Å². The lowest BCUT2D eigenvalue weighted by Gasteiger charge is -2.31. The van der Waals surface area contributed by atoms with Crippen LogP contribution >= 0.6 is 0 Å². The van der Waals surface area contributed by atoms with Gasteiger partial charge in [0.2, 0.25) is 0 Å². The van der Waals surface area contributed by atoms with E-state index in [0.717, 1.165) is 31.1 Å². The van der Waals surface area contributed by atoms with Gasteiger partial charge in [0.1, 0.15) is 0 Å². The number of hydrogen-bond donors (Lipinski definition) is 1. The standard InChI is InChI=1S/C12H24N2O/c1-10(2)5-4-7-14-8-6-12(13-15)11(3)9-14/h10-11,15H,4-9H2,1-3H3. The molecule has 1 saturated heterocycles. The molecule has 1 aliphatic heterocycles. The molecule has 88 valence electrons. The van der Waals surface area contributed by atoms with Crippen molar-refractivity contribution in [2.45, 2.75) is 40.0 Å². The Morgan fingerprint density at radius 1 is 1.53 bits per heavy atom. The second kappa shape index (κ2) is 6.11. The Bertz CT molecular complexity index is 214. The van der Waals surface area contributed by atoms with E-state index in [1.807, 2.05) is 0 Å². The molecule has 0 radical (unpaired) electrons. The maximum absolute atomic E-state index is 8.77. The highest BCUT2D eigenvalue weighted by Gasteiger charge is 2.21. The van der Waals surface area contributed by atoms with Crippen molar-refractivity contribution in [1.29, 1.82) is 0 Å². The summed E-state index contributed by atoms with van der Waals surface area (Å²) in [5.41, 5.74) is 0.968. The van der Waals surface area contributed by atoms with Gasteiger partial charge in [-0.1, -0.05) is 25.9 Å². The Labute approximate surface area is 93.2 Å². The van der Waals surface area contributed by atoms with E-state index in [-0.39, 0.29) is 0 Å². The molecule has 0 aliphatic carbocycles. The molecule has 1 N–H and O–H groups in total. The number of rotatable bonds is 4. The van der Waals surface area contributed by atoms with Gasteiger partial charge >= 0.3 is 0 Å². The zero-order valence-electron chi connectivity index (χ0n) is 10.2. The van der Waals surface area contributed by atoms with Crippen molar-refractivity contribution in [3.05, 3.63) is 0 Å². The summed E-state index contributed by atoms with van der Waals surface area (Å²) in [5, 5.41) is 12.1. The van der Waals surface area contributed by atoms with Crippen LogP contribution < -0.4 is 0 Å². The molecule has 15 heavy (non-hydrogen) atoms. The Morgan fingerprint density at radius 2 is 2.27 bits per heavy atom. The van der Waals surface area contributed by atoms with Crippen molar-refractivity contribution in [3.8, 4) is 0 Å². The minimum atomic E-state index is 0.419. The monoisotopic (exact) mass is 212 g/mol. The minimum absolute atomic E-state index is 0.419. The highest BCUT2D eigenvalue weighted by molar-refractivity contribution is 5.86. The largest absolute Gasteiger partial charge is 0.411 e.